The molecule has 3 heterocycles. The lowest BCUT2D eigenvalue weighted by atomic mass is 9.94. The van der Waals surface area contributed by atoms with Crippen LogP contribution in [0.5, 0.6) is 0 Å². The number of halogens is 3. The van der Waals surface area contributed by atoms with E-state index in [1.54, 1.807) is 0 Å². The standard InChI is InChI=1S/C17H21F3N2O/c18-17(19,20)8-16(23)22-11-14-6-7-15(22)12-21(10-14)9-13-4-2-1-3-5-13/h1-5,14-15H,6-12H2/t14-,15+/m1/s1. The number of piperidine rings is 1. The minimum Gasteiger partial charge on any atom is -0.338 e. The first-order chi connectivity index (χ1) is 10.9. The molecule has 3 aliphatic rings. The van der Waals surface area contributed by atoms with Crippen LogP contribution >= 0.6 is 0 Å². The van der Waals surface area contributed by atoms with E-state index < -0.39 is 18.5 Å². The number of alkyl halides is 3. The second-order valence-electron chi connectivity index (χ2n) is 6.61. The summed E-state index contributed by atoms with van der Waals surface area (Å²) in [5.74, 6) is -0.497. The van der Waals surface area contributed by atoms with E-state index in [9.17, 15) is 18.0 Å². The monoisotopic (exact) mass is 326 g/mol. The molecule has 0 N–H and O–H groups in total. The molecule has 0 aromatic heterocycles. The van der Waals surface area contributed by atoms with Crippen molar-refractivity contribution >= 4 is 5.91 Å². The largest absolute Gasteiger partial charge is 0.397 e. The van der Waals surface area contributed by atoms with Crippen LogP contribution in [0.25, 0.3) is 0 Å². The molecule has 0 spiro atoms. The molecule has 1 aromatic carbocycles. The smallest absolute Gasteiger partial charge is 0.338 e. The zero-order chi connectivity index (χ0) is 16.4. The first-order valence-electron chi connectivity index (χ1n) is 8.03. The van der Waals surface area contributed by atoms with Gasteiger partial charge >= 0.3 is 6.18 Å². The number of hydrogen-bond acceptors (Lipinski definition) is 2. The van der Waals surface area contributed by atoms with Gasteiger partial charge in [0.1, 0.15) is 6.42 Å². The summed E-state index contributed by atoms with van der Waals surface area (Å²) in [6, 6.07) is 9.96. The average molecular weight is 326 g/mol. The van der Waals surface area contributed by atoms with Crippen LogP contribution in [0.2, 0.25) is 0 Å². The van der Waals surface area contributed by atoms with E-state index in [1.807, 2.05) is 18.2 Å². The van der Waals surface area contributed by atoms with E-state index in [1.165, 1.54) is 10.5 Å². The van der Waals surface area contributed by atoms with Crippen LogP contribution in [-0.4, -0.2) is 47.6 Å². The van der Waals surface area contributed by atoms with E-state index in [0.717, 1.165) is 25.9 Å². The molecule has 0 aliphatic carbocycles. The van der Waals surface area contributed by atoms with Gasteiger partial charge in [0.25, 0.3) is 0 Å². The van der Waals surface area contributed by atoms with Crippen molar-refractivity contribution in [1.82, 2.24) is 9.80 Å². The van der Waals surface area contributed by atoms with Gasteiger partial charge in [0, 0.05) is 32.2 Å². The van der Waals surface area contributed by atoms with Gasteiger partial charge in [-0.05, 0) is 24.3 Å². The Morgan fingerprint density at radius 1 is 1.09 bits per heavy atom. The molecule has 2 atom stereocenters. The summed E-state index contributed by atoms with van der Waals surface area (Å²) in [6.07, 6.45) is -3.97. The van der Waals surface area contributed by atoms with Crippen LogP contribution in [0, 0.1) is 5.92 Å². The van der Waals surface area contributed by atoms with Crippen LogP contribution in [0.15, 0.2) is 30.3 Å². The lowest BCUT2D eigenvalue weighted by Crippen LogP contribution is -2.48. The minimum absolute atomic E-state index is 0.0905. The summed E-state index contributed by atoms with van der Waals surface area (Å²) in [5, 5.41) is 0. The highest BCUT2D eigenvalue weighted by Gasteiger charge is 2.40. The van der Waals surface area contributed by atoms with Gasteiger partial charge in [-0.1, -0.05) is 30.3 Å². The Balaban J connectivity index is 1.67. The van der Waals surface area contributed by atoms with Gasteiger partial charge < -0.3 is 4.90 Å². The fourth-order valence-electron chi connectivity index (χ4n) is 3.73. The van der Waals surface area contributed by atoms with Gasteiger partial charge in [-0.2, -0.15) is 13.2 Å². The molecule has 4 rings (SSSR count). The van der Waals surface area contributed by atoms with E-state index in [4.69, 9.17) is 0 Å². The Bertz CT molecular complexity index is 547. The van der Waals surface area contributed by atoms with Gasteiger partial charge in [-0.15, -0.1) is 0 Å². The summed E-state index contributed by atoms with van der Waals surface area (Å²) in [5.41, 5.74) is 1.20. The lowest BCUT2D eigenvalue weighted by Gasteiger charge is -2.36. The molecule has 1 amide bonds. The molecule has 0 unspecified atom stereocenters. The van der Waals surface area contributed by atoms with Crippen LogP contribution in [0.1, 0.15) is 24.8 Å². The first kappa shape index (κ1) is 16.3. The van der Waals surface area contributed by atoms with Gasteiger partial charge in [0.2, 0.25) is 5.91 Å². The Hall–Kier alpha value is -1.56. The predicted octanol–water partition coefficient (Wildman–Crippen LogP) is 3.06. The minimum atomic E-state index is -4.42. The summed E-state index contributed by atoms with van der Waals surface area (Å²) in [7, 11) is 0. The van der Waals surface area contributed by atoms with Crippen molar-refractivity contribution in [1.29, 1.82) is 0 Å². The summed E-state index contributed by atoms with van der Waals surface area (Å²) in [4.78, 5) is 15.8. The zero-order valence-corrected chi connectivity index (χ0v) is 12.9. The van der Waals surface area contributed by atoms with Crippen molar-refractivity contribution in [2.75, 3.05) is 19.6 Å². The average Bonchev–Trinajstić information content (AvgIpc) is 2.77. The van der Waals surface area contributed by atoms with Crippen molar-refractivity contribution in [3.8, 4) is 0 Å². The number of nitrogens with zero attached hydrogens (tertiary/aromatic N) is 2. The third-order valence-corrected chi connectivity index (χ3v) is 4.71. The summed E-state index contributed by atoms with van der Waals surface area (Å²) < 4.78 is 37.5. The Morgan fingerprint density at radius 3 is 2.52 bits per heavy atom. The third kappa shape index (κ3) is 4.25. The molecular weight excluding hydrogens is 305 g/mol. The first-order valence-corrected chi connectivity index (χ1v) is 8.03. The Morgan fingerprint density at radius 2 is 1.83 bits per heavy atom. The molecular formula is C17H21F3N2O. The number of rotatable bonds is 3. The molecule has 126 valence electrons. The van der Waals surface area contributed by atoms with E-state index >= 15 is 0 Å². The Kier molecular flexibility index (Phi) is 4.62. The molecule has 2 bridgehead atoms. The van der Waals surface area contributed by atoms with Crippen LogP contribution < -0.4 is 0 Å². The molecule has 3 fully saturated rings. The van der Waals surface area contributed by atoms with Crippen molar-refractivity contribution in [3.63, 3.8) is 0 Å². The van der Waals surface area contributed by atoms with Crippen LogP contribution in [0.3, 0.4) is 0 Å². The second kappa shape index (κ2) is 6.51. The van der Waals surface area contributed by atoms with Crippen molar-refractivity contribution in [2.24, 2.45) is 5.92 Å². The predicted molar refractivity (Wildman–Crippen MR) is 80.6 cm³/mol. The molecule has 3 aliphatic heterocycles. The maximum atomic E-state index is 12.5. The van der Waals surface area contributed by atoms with Crippen molar-refractivity contribution in [3.05, 3.63) is 35.9 Å². The maximum Gasteiger partial charge on any atom is 0.397 e. The highest BCUT2D eigenvalue weighted by molar-refractivity contribution is 5.77. The quantitative estimate of drug-likeness (QED) is 0.852. The number of fused-ring (bicyclic) bond motifs is 4. The highest BCUT2D eigenvalue weighted by Crippen LogP contribution is 2.31. The van der Waals surface area contributed by atoms with Gasteiger partial charge in [0.05, 0.1) is 0 Å². The van der Waals surface area contributed by atoms with Gasteiger partial charge in [-0.25, -0.2) is 0 Å². The van der Waals surface area contributed by atoms with E-state index in [-0.39, 0.29) is 12.0 Å². The number of carbonyl (C=O) groups excluding carboxylic acids is 1. The Labute approximate surface area is 134 Å². The lowest BCUT2D eigenvalue weighted by molar-refractivity contribution is -0.164. The molecule has 1 aromatic rings. The number of amides is 1. The number of hydrogen-bond donors (Lipinski definition) is 0. The zero-order valence-electron chi connectivity index (χ0n) is 12.9. The molecule has 6 heteroatoms. The molecule has 23 heavy (non-hydrogen) atoms. The maximum absolute atomic E-state index is 12.5. The van der Waals surface area contributed by atoms with Crippen molar-refractivity contribution < 1.29 is 18.0 Å². The highest BCUT2D eigenvalue weighted by atomic mass is 19.4. The van der Waals surface area contributed by atoms with E-state index in [0.29, 0.717) is 13.1 Å². The SMILES string of the molecule is O=C(CC(F)(F)F)N1C[C@@H]2CC[C@H]1CN(Cc1ccccc1)C2. The van der Waals surface area contributed by atoms with Crippen LogP contribution in [-0.2, 0) is 11.3 Å². The van der Waals surface area contributed by atoms with Gasteiger partial charge in [0.15, 0.2) is 0 Å². The molecule has 0 saturated carbocycles. The van der Waals surface area contributed by atoms with Crippen LogP contribution in [0.4, 0.5) is 13.2 Å². The molecule has 0 radical (unpaired) electrons. The van der Waals surface area contributed by atoms with Crippen molar-refractivity contribution in [2.45, 2.75) is 38.0 Å². The summed E-state index contributed by atoms with van der Waals surface area (Å²) >= 11 is 0. The number of benzene rings is 1. The summed E-state index contributed by atoms with van der Waals surface area (Å²) in [6.45, 7) is 2.76. The van der Waals surface area contributed by atoms with E-state index in [2.05, 4.69) is 17.0 Å². The third-order valence-electron chi connectivity index (χ3n) is 4.71. The fraction of sp³-hybridized carbons (Fsp3) is 0.588. The van der Waals surface area contributed by atoms with Gasteiger partial charge in [-0.3, -0.25) is 9.69 Å². The fourth-order valence-corrected chi connectivity index (χ4v) is 3.73. The molecule has 3 saturated heterocycles. The normalized spacial score (nSPS) is 25.4. The second-order valence-corrected chi connectivity index (χ2v) is 6.61. The topological polar surface area (TPSA) is 23.6 Å². The molecule has 3 nitrogen and oxygen atoms in total. The number of carbonyl (C=O) groups is 1.